The largest absolute Gasteiger partial charge is 0.274 e. The van der Waals surface area contributed by atoms with Gasteiger partial charge in [-0.05, 0) is 23.6 Å². The number of carbonyl (C=O) groups excluding carboxylic acids is 1. The van der Waals surface area contributed by atoms with Crippen molar-refractivity contribution in [3.63, 3.8) is 0 Å². The lowest BCUT2D eigenvalue weighted by Crippen LogP contribution is -2.44. The van der Waals surface area contributed by atoms with Crippen LogP contribution >= 0.6 is 11.6 Å². The van der Waals surface area contributed by atoms with Gasteiger partial charge in [0.1, 0.15) is 6.33 Å². The Labute approximate surface area is 163 Å². The monoisotopic (exact) mass is 380 g/mol. The third-order valence-corrected chi connectivity index (χ3v) is 5.35. The van der Waals surface area contributed by atoms with Gasteiger partial charge in [-0.2, -0.15) is 10.1 Å². The summed E-state index contributed by atoms with van der Waals surface area (Å²) in [5.74, 6) is 0.465. The minimum Gasteiger partial charge on any atom is -0.274 e. The van der Waals surface area contributed by atoms with Gasteiger partial charge in [-0.15, -0.1) is 0 Å². The summed E-state index contributed by atoms with van der Waals surface area (Å²) in [5, 5.41) is 5.12. The highest BCUT2D eigenvalue weighted by Gasteiger charge is 2.40. The fourth-order valence-corrected chi connectivity index (χ4v) is 3.95. The lowest BCUT2D eigenvalue weighted by Gasteiger charge is -2.40. The van der Waals surface area contributed by atoms with E-state index >= 15 is 0 Å². The minimum atomic E-state index is -0.141. The zero-order valence-corrected chi connectivity index (χ0v) is 16.0. The van der Waals surface area contributed by atoms with Gasteiger partial charge in [-0.25, -0.2) is 4.68 Å². The number of amides is 1. The van der Waals surface area contributed by atoms with Crippen LogP contribution in [-0.2, 0) is 4.79 Å². The molecular weight excluding hydrogens is 360 g/mol. The predicted octanol–water partition coefficient (Wildman–Crippen LogP) is 4.65. The number of hydrogen-bond donors (Lipinski definition) is 0. The topological polar surface area (TPSA) is 51.0 Å². The molecule has 1 aliphatic rings. The third-order valence-electron chi connectivity index (χ3n) is 5.00. The summed E-state index contributed by atoms with van der Waals surface area (Å²) in [4.78, 5) is 19.3. The van der Waals surface area contributed by atoms with Crippen LogP contribution in [0, 0.1) is 5.92 Å². The molecule has 0 radical (unpaired) electrons. The zero-order valence-electron chi connectivity index (χ0n) is 15.3. The van der Waals surface area contributed by atoms with Gasteiger partial charge in [0.05, 0.1) is 12.1 Å². The number of anilines is 1. The lowest BCUT2D eigenvalue weighted by molar-refractivity contribution is -0.122. The maximum absolute atomic E-state index is 13.1. The van der Waals surface area contributed by atoms with Crippen LogP contribution < -0.4 is 4.90 Å². The van der Waals surface area contributed by atoms with Crippen molar-refractivity contribution in [1.82, 2.24) is 14.8 Å². The van der Waals surface area contributed by atoms with Crippen LogP contribution in [0.15, 0.2) is 60.9 Å². The summed E-state index contributed by atoms with van der Waals surface area (Å²) in [7, 11) is 0. The van der Waals surface area contributed by atoms with Crippen LogP contribution in [0.2, 0.25) is 5.02 Å². The third kappa shape index (κ3) is 3.12. The first-order valence-corrected chi connectivity index (χ1v) is 9.47. The smallest absolute Gasteiger partial charge is 0.232 e. The lowest BCUT2D eigenvalue weighted by atomic mass is 9.91. The van der Waals surface area contributed by atoms with Crippen molar-refractivity contribution in [1.29, 1.82) is 0 Å². The van der Waals surface area contributed by atoms with E-state index in [1.54, 1.807) is 4.90 Å². The number of fused-ring (bicyclic) bond motifs is 1. The van der Waals surface area contributed by atoms with Crippen molar-refractivity contribution in [2.24, 2.45) is 5.92 Å². The number of rotatable bonds is 3. The van der Waals surface area contributed by atoms with Crippen LogP contribution in [0.4, 0.5) is 5.95 Å². The van der Waals surface area contributed by atoms with Crippen molar-refractivity contribution < 1.29 is 4.79 Å². The van der Waals surface area contributed by atoms with E-state index in [9.17, 15) is 4.79 Å². The van der Waals surface area contributed by atoms with Crippen molar-refractivity contribution in [3.8, 4) is 0 Å². The molecular formula is C21H21ClN4O. The van der Waals surface area contributed by atoms with Crippen LogP contribution in [-0.4, -0.2) is 20.7 Å². The van der Waals surface area contributed by atoms with Crippen LogP contribution in [0.3, 0.4) is 0 Å². The standard InChI is InChI=1S/C21H21ClN4O/c1-14(2)20(27)25-18(15-8-4-3-5-9-15)12-19(26-21(25)23-13-24-26)16-10-6-7-11-17(16)22/h3-11,13-14,18-19H,12H2,1-2H3/t18-,19-/m0/s1. The molecule has 138 valence electrons. The summed E-state index contributed by atoms with van der Waals surface area (Å²) in [6.07, 6.45) is 2.19. The van der Waals surface area contributed by atoms with Gasteiger partial charge in [-0.1, -0.05) is 74.0 Å². The second kappa shape index (κ2) is 7.16. The Hall–Kier alpha value is -2.66. The van der Waals surface area contributed by atoms with Crippen LogP contribution in [0.25, 0.3) is 0 Å². The molecule has 27 heavy (non-hydrogen) atoms. The van der Waals surface area contributed by atoms with Gasteiger partial charge in [0.25, 0.3) is 0 Å². The van der Waals surface area contributed by atoms with Gasteiger partial charge in [0, 0.05) is 10.9 Å². The van der Waals surface area contributed by atoms with Crippen LogP contribution in [0.1, 0.15) is 43.5 Å². The average Bonchev–Trinajstić information content (AvgIpc) is 3.17. The van der Waals surface area contributed by atoms with Crippen molar-refractivity contribution in [2.45, 2.75) is 32.4 Å². The molecule has 0 aliphatic carbocycles. The number of hydrogen-bond acceptors (Lipinski definition) is 3. The molecule has 2 aromatic carbocycles. The molecule has 2 heterocycles. The highest BCUT2D eigenvalue weighted by Crippen LogP contribution is 2.43. The molecule has 1 aliphatic heterocycles. The van der Waals surface area contributed by atoms with Gasteiger partial charge < -0.3 is 0 Å². The van der Waals surface area contributed by atoms with Crippen molar-refractivity contribution in [2.75, 3.05) is 4.90 Å². The highest BCUT2D eigenvalue weighted by atomic mass is 35.5. The van der Waals surface area contributed by atoms with Crippen molar-refractivity contribution in [3.05, 3.63) is 77.1 Å². The van der Waals surface area contributed by atoms with E-state index in [0.717, 1.165) is 11.1 Å². The first-order valence-electron chi connectivity index (χ1n) is 9.10. The molecule has 0 saturated heterocycles. The Bertz CT molecular complexity index is 954. The fourth-order valence-electron chi connectivity index (χ4n) is 3.69. The first kappa shape index (κ1) is 17.7. The molecule has 0 N–H and O–H groups in total. The van der Waals surface area contributed by atoms with Crippen molar-refractivity contribution >= 4 is 23.5 Å². The second-order valence-electron chi connectivity index (χ2n) is 7.07. The molecule has 4 rings (SSSR count). The Morgan fingerprint density at radius 3 is 2.48 bits per heavy atom. The van der Waals surface area contributed by atoms with Gasteiger partial charge in [0.2, 0.25) is 11.9 Å². The van der Waals surface area contributed by atoms with Gasteiger partial charge >= 0.3 is 0 Å². The van der Waals surface area contributed by atoms with E-state index in [-0.39, 0.29) is 23.9 Å². The normalized spacial score (nSPS) is 19.2. The summed E-state index contributed by atoms with van der Waals surface area (Å²) in [6.45, 7) is 3.82. The molecule has 6 heteroatoms. The predicted molar refractivity (Wildman–Crippen MR) is 106 cm³/mol. The van der Waals surface area contributed by atoms with Crippen LogP contribution in [0.5, 0.6) is 0 Å². The first-order chi connectivity index (χ1) is 13.1. The van der Waals surface area contributed by atoms with E-state index in [4.69, 9.17) is 11.6 Å². The number of aromatic nitrogens is 3. The highest BCUT2D eigenvalue weighted by molar-refractivity contribution is 6.31. The van der Waals surface area contributed by atoms with Gasteiger partial charge in [-0.3, -0.25) is 9.69 Å². The molecule has 2 atom stereocenters. The number of nitrogens with zero attached hydrogens (tertiary/aromatic N) is 4. The van der Waals surface area contributed by atoms with E-state index < -0.39 is 0 Å². The number of benzene rings is 2. The Kier molecular flexibility index (Phi) is 4.70. The average molecular weight is 381 g/mol. The molecule has 0 unspecified atom stereocenters. The molecule has 0 spiro atoms. The number of carbonyl (C=O) groups is 1. The Morgan fingerprint density at radius 2 is 1.78 bits per heavy atom. The molecule has 0 fully saturated rings. The van der Waals surface area contributed by atoms with E-state index in [2.05, 4.69) is 22.2 Å². The maximum Gasteiger partial charge on any atom is 0.232 e. The summed E-state index contributed by atoms with van der Waals surface area (Å²) >= 11 is 6.49. The van der Waals surface area contributed by atoms with E-state index in [0.29, 0.717) is 17.4 Å². The van der Waals surface area contributed by atoms with Gasteiger partial charge in [0.15, 0.2) is 0 Å². The van der Waals surface area contributed by atoms with E-state index in [1.165, 1.54) is 6.33 Å². The zero-order chi connectivity index (χ0) is 19.0. The number of halogens is 1. The van der Waals surface area contributed by atoms with E-state index in [1.807, 2.05) is 61.0 Å². The summed E-state index contributed by atoms with van der Waals surface area (Å²) in [6, 6.07) is 17.7. The molecule has 1 aromatic heterocycles. The summed E-state index contributed by atoms with van der Waals surface area (Å²) < 4.78 is 1.82. The molecule has 0 saturated carbocycles. The maximum atomic E-state index is 13.1. The molecule has 3 aromatic rings. The Morgan fingerprint density at radius 1 is 1.07 bits per heavy atom. The SMILES string of the molecule is CC(C)C(=O)N1c2ncnn2[C@H](c2ccccc2Cl)C[C@H]1c1ccccc1. The minimum absolute atomic E-state index is 0.0377. The second-order valence-corrected chi connectivity index (χ2v) is 7.47. The fraction of sp³-hybridized carbons (Fsp3) is 0.286. The quantitative estimate of drug-likeness (QED) is 0.664. The summed E-state index contributed by atoms with van der Waals surface area (Å²) in [5.41, 5.74) is 2.07. The molecule has 0 bridgehead atoms. The molecule has 1 amide bonds. The Balaban J connectivity index is 1.87. The molecule has 5 nitrogen and oxygen atoms in total.